The molecule has 0 radical (unpaired) electrons. The van der Waals surface area contributed by atoms with Gasteiger partial charge in [0.2, 0.25) is 11.8 Å². The van der Waals surface area contributed by atoms with Gasteiger partial charge >= 0.3 is 0 Å². The Morgan fingerprint density at radius 1 is 1.05 bits per heavy atom. The second-order valence-corrected chi connectivity index (χ2v) is 6.30. The van der Waals surface area contributed by atoms with Crippen LogP contribution in [0.1, 0.15) is 46.5 Å². The van der Waals surface area contributed by atoms with Crippen LogP contribution in [-0.4, -0.2) is 47.3 Å². The number of hydrogen-bond acceptors (Lipinski definition) is 2. The molecule has 0 aliphatic carbocycles. The third kappa shape index (κ3) is 3.10. The summed E-state index contributed by atoms with van der Waals surface area (Å²) in [5.74, 6) is 0.622. The van der Waals surface area contributed by atoms with Crippen molar-refractivity contribution in [1.29, 1.82) is 0 Å². The molecule has 0 aromatic heterocycles. The molecule has 4 heteroatoms. The van der Waals surface area contributed by atoms with Crippen molar-refractivity contribution < 1.29 is 9.59 Å². The van der Waals surface area contributed by atoms with Crippen LogP contribution in [0.25, 0.3) is 0 Å². The minimum Gasteiger partial charge on any atom is -0.342 e. The molecule has 2 aliphatic rings. The summed E-state index contributed by atoms with van der Waals surface area (Å²) in [6.07, 6.45) is 4.16. The molecule has 0 N–H and O–H groups in total. The Bertz CT molecular complexity index is 348. The Morgan fingerprint density at radius 2 is 1.68 bits per heavy atom. The fraction of sp³-hybridized carbons (Fsp3) is 0.867. The van der Waals surface area contributed by atoms with Gasteiger partial charge in [-0.2, -0.15) is 0 Å². The highest BCUT2D eigenvalue weighted by Gasteiger charge is 2.36. The SMILES string of the molecule is CC(C)C(=O)N1CCC1CC(C)C(=O)N1CCCC1. The average molecular weight is 266 g/mol. The van der Waals surface area contributed by atoms with Gasteiger partial charge in [-0.25, -0.2) is 0 Å². The van der Waals surface area contributed by atoms with Crippen molar-refractivity contribution >= 4 is 11.8 Å². The molecule has 2 fully saturated rings. The summed E-state index contributed by atoms with van der Waals surface area (Å²) in [7, 11) is 0. The van der Waals surface area contributed by atoms with E-state index in [-0.39, 0.29) is 29.7 Å². The molecule has 108 valence electrons. The summed E-state index contributed by atoms with van der Waals surface area (Å²) in [6, 6.07) is 0.288. The van der Waals surface area contributed by atoms with E-state index in [9.17, 15) is 9.59 Å². The second kappa shape index (κ2) is 5.93. The molecule has 2 atom stereocenters. The fourth-order valence-corrected chi connectivity index (χ4v) is 3.07. The molecule has 2 aliphatic heterocycles. The Balaban J connectivity index is 1.83. The highest BCUT2D eigenvalue weighted by Crippen LogP contribution is 2.27. The number of amides is 2. The number of hydrogen-bond donors (Lipinski definition) is 0. The molecule has 0 aromatic rings. The first-order valence-electron chi connectivity index (χ1n) is 7.60. The van der Waals surface area contributed by atoms with Gasteiger partial charge in [0.25, 0.3) is 0 Å². The van der Waals surface area contributed by atoms with E-state index in [0.29, 0.717) is 0 Å². The standard InChI is InChI=1S/C15H26N2O2/c1-11(2)14(18)17-9-6-13(17)10-12(3)15(19)16-7-4-5-8-16/h11-13H,4-10H2,1-3H3. The van der Waals surface area contributed by atoms with Crippen molar-refractivity contribution in [2.75, 3.05) is 19.6 Å². The van der Waals surface area contributed by atoms with Crippen LogP contribution in [0.3, 0.4) is 0 Å². The van der Waals surface area contributed by atoms with Crippen LogP contribution in [0.15, 0.2) is 0 Å². The fourth-order valence-electron chi connectivity index (χ4n) is 3.07. The van der Waals surface area contributed by atoms with Crippen molar-refractivity contribution in [1.82, 2.24) is 9.80 Å². The zero-order chi connectivity index (χ0) is 14.0. The van der Waals surface area contributed by atoms with Crippen molar-refractivity contribution in [3.63, 3.8) is 0 Å². The highest BCUT2D eigenvalue weighted by molar-refractivity contribution is 5.80. The number of carbonyl (C=O) groups excluding carboxylic acids is 2. The lowest BCUT2D eigenvalue weighted by molar-refractivity contribution is -0.145. The Labute approximate surface area is 116 Å². The van der Waals surface area contributed by atoms with Crippen LogP contribution in [-0.2, 0) is 9.59 Å². The average Bonchev–Trinajstić information content (AvgIpc) is 2.86. The summed E-state index contributed by atoms with van der Waals surface area (Å²) in [5, 5.41) is 0. The van der Waals surface area contributed by atoms with Gasteiger partial charge in [0.15, 0.2) is 0 Å². The normalized spacial score (nSPS) is 24.5. The van der Waals surface area contributed by atoms with Crippen LogP contribution < -0.4 is 0 Å². The van der Waals surface area contributed by atoms with Crippen LogP contribution in [0.4, 0.5) is 0 Å². The number of likely N-dealkylation sites (tertiary alicyclic amines) is 2. The zero-order valence-electron chi connectivity index (χ0n) is 12.4. The summed E-state index contributed by atoms with van der Waals surface area (Å²) < 4.78 is 0. The van der Waals surface area contributed by atoms with Gasteiger partial charge in [0.05, 0.1) is 0 Å². The molecule has 0 aromatic carbocycles. The molecular formula is C15H26N2O2. The molecule has 2 unspecified atom stereocenters. The molecule has 0 saturated carbocycles. The largest absolute Gasteiger partial charge is 0.342 e. The molecule has 4 nitrogen and oxygen atoms in total. The van der Waals surface area contributed by atoms with E-state index < -0.39 is 0 Å². The number of rotatable bonds is 4. The summed E-state index contributed by atoms with van der Waals surface area (Å²) in [4.78, 5) is 28.2. The first kappa shape index (κ1) is 14.4. The quantitative estimate of drug-likeness (QED) is 0.779. The predicted molar refractivity (Wildman–Crippen MR) is 74.6 cm³/mol. The lowest BCUT2D eigenvalue weighted by atomic mass is 9.90. The molecule has 2 saturated heterocycles. The topological polar surface area (TPSA) is 40.6 Å². The van der Waals surface area contributed by atoms with Crippen LogP contribution in [0.2, 0.25) is 0 Å². The first-order valence-corrected chi connectivity index (χ1v) is 7.60. The third-order valence-electron chi connectivity index (χ3n) is 4.39. The van der Waals surface area contributed by atoms with E-state index in [1.54, 1.807) is 0 Å². The highest BCUT2D eigenvalue weighted by atomic mass is 16.2. The number of nitrogens with zero attached hydrogens (tertiary/aromatic N) is 2. The number of carbonyl (C=O) groups is 2. The monoisotopic (exact) mass is 266 g/mol. The van der Waals surface area contributed by atoms with Gasteiger partial charge in [0.1, 0.15) is 0 Å². The van der Waals surface area contributed by atoms with E-state index in [0.717, 1.165) is 45.3 Å². The zero-order valence-corrected chi connectivity index (χ0v) is 12.4. The third-order valence-corrected chi connectivity index (χ3v) is 4.39. The minimum absolute atomic E-state index is 0.0471. The van der Waals surface area contributed by atoms with Crippen LogP contribution in [0.5, 0.6) is 0 Å². The minimum atomic E-state index is 0.0471. The Morgan fingerprint density at radius 3 is 2.16 bits per heavy atom. The van der Waals surface area contributed by atoms with E-state index in [1.165, 1.54) is 0 Å². The van der Waals surface area contributed by atoms with E-state index in [2.05, 4.69) is 0 Å². The van der Waals surface area contributed by atoms with Crippen molar-refractivity contribution in [3.8, 4) is 0 Å². The van der Waals surface area contributed by atoms with Crippen molar-refractivity contribution in [3.05, 3.63) is 0 Å². The maximum atomic E-state index is 12.3. The van der Waals surface area contributed by atoms with E-state index in [4.69, 9.17) is 0 Å². The maximum absolute atomic E-state index is 12.3. The molecule has 0 bridgehead atoms. The lowest BCUT2D eigenvalue weighted by Crippen LogP contribution is -2.53. The summed E-state index contributed by atoms with van der Waals surface area (Å²) >= 11 is 0. The molecule has 2 heterocycles. The van der Waals surface area contributed by atoms with Crippen LogP contribution >= 0.6 is 0 Å². The van der Waals surface area contributed by atoms with Gasteiger partial charge in [-0.3, -0.25) is 9.59 Å². The van der Waals surface area contributed by atoms with E-state index in [1.807, 2.05) is 30.6 Å². The Hall–Kier alpha value is -1.06. The van der Waals surface area contributed by atoms with Crippen molar-refractivity contribution in [2.45, 2.75) is 52.5 Å². The van der Waals surface area contributed by atoms with Gasteiger partial charge in [0, 0.05) is 37.5 Å². The molecule has 19 heavy (non-hydrogen) atoms. The van der Waals surface area contributed by atoms with Gasteiger partial charge < -0.3 is 9.80 Å². The molecular weight excluding hydrogens is 240 g/mol. The van der Waals surface area contributed by atoms with Gasteiger partial charge in [-0.15, -0.1) is 0 Å². The maximum Gasteiger partial charge on any atom is 0.225 e. The van der Waals surface area contributed by atoms with E-state index >= 15 is 0 Å². The van der Waals surface area contributed by atoms with Crippen molar-refractivity contribution in [2.24, 2.45) is 11.8 Å². The summed E-state index contributed by atoms with van der Waals surface area (Å²) in [5.41, 5.74) is 0. The predicted octanol–water partition coefficient (Wildman–Crippen LogP) is 1.89. The summed E-state index contributed by atoms with van der Waals surface area (Å²) in [6.45, 7) is 8.60. The van der Waals surface area contributed by atoms with Gasteiger partial charge in [-0.05, 0) is 25.7 Å². The lowest BCUT2D eigenvalue weighted by Gasteiger charge is -2.43. The Kier molecular flexibility index (Phi) is 4.48. The molecule has 2 amide bonds. The molecule has 2 rings (SSSR count). The van der Waals surface area contributed by atoms with Gasteiger partial charge in [-0.1, -0.05) is 20.8 Å². The first-order chi connectivity index (χ1) is 9.00. The van der Waals surface area contributed by atoms with Crippen LogP contribution in [0, 0.1) is 11.8 Å². The smallest absolute Gasteiger partial charge is 0.225 e. The second-order valence-electron chi connectivity index (χ2n) is 6.30. The molecule has 0 spiro atoms.